The maximum Gasteiger partial charge on any atom is 0.148 e. The second kappa shape index (κ2) is 5.42. The van der Waals surface area contributed by atoms with Crippen molar-refractivity contribution in [3.8, 4) is 0 Å². The molecule has 2 aromatic heterocycles. The number of hydrogen-bond acceptors (Lipinski definition) is 3. The number of para-hydroxylation sites is 1. The van der Waals surface area contributed by atoms with Crippen molar-refractivity contribution >= 4 is 26.9 Å². The van der Waals surface area contributed by atoms with Gasteiger partial charge in [0.05, 0.1) is 16.2 Å². The first-order valence-corrected chi connectivity index (χ1v) is 7.30. The monoisotopic (exact) mass is 333 g/mol. The van der Waals surface area contributed by atoms with Gasteiger partial charge in [-0.3, -0.25) is 4.68 Å². The second-order valence-electron chi connectivity index (χ2n) is 4.83. The van der Waals surface area contributed by atoms with Crippen LogP contribution in [0.5, 0.6) is 0 Å². The van der Waals surface area contributed by atoms with Gasteiger partial charge in [-0.05, 0) is 41.2 Å². The third kappa shape index (κ3) is 2.51. The Hall–Kier alpha value is -1.59. The molecule has 5 heteroatoms. The molecule has 0 spiro atoms. The molecule has 1 N–H and O–H groups in total. The Balaban J connectivity index is 1.92. The summed E-state index contributed by atoms with van der Waals surface area (Å²) >= 11 is 3.52. The van der Waals surface area contributed by atoms with Crippen LogP contribution in [0.2, 0.25) is 0 Å². The molecule has 0 radical (unpaired) electrons. The number of halogens is 1. The van der Waals surface area contributed by atoms with E-state index in [1.807, 2.05) is 43.2 Å². The Morgan fingerprint density at radius 3 is 2.90 bits per heavy atom. The number of nitrogens with one attached hydrogen (secondary N) is 1. The molecule has 0 fully saturated rings. The molecule has 0 aliphatic carbocycles. The molecule has 2 heterocycles. The van der Waals surface area contributed by atoms with E-state index in [-0.39, 0.29) is 6.04 Å². The van der Waals surface area contributed by atoms with Crippen LogP contribution in [-0.4, -0.2) is 16.8 Å². The number of likely N-dealkylation sites (N-methyl/N-ethyl adjacent to an activating group) is 1. The van der Waals surface area contributed by atoms with E-state index in [0.29, 0.717) is 0 Å². The van der Waals surface area contributed by atoms with Crippen LogP contribution in [0.1, 0.15) is 17.5 Å². The summed E-state index contributed by atoms with van der Waals surface area (Å²) in [6, 6.07) is 10.3. The fourth-order valence-electron chi connectivity index (χ4n) is 2.35. The summed E-state index contributed by atoms with van der Waals surface area (Å²) in [7, 11) is 3.87. The van der Waals surface area contributed by atoms with Gasteiger partial charge in [-0.1, -0.05) is 12.1 Å². The van der Waals surface area contributed by atoms with E-state index in [9.17, 15) is 0 Å². The summed E-state index contributed by atoms with van der Waals surface area (Å²) < 4.78 is 8.78. The minimum Gasteiger partial charge on any atom is -0.458 e. The first kappa shape index (κ1) is 13.4. The Kier molecular flexibility index (Phi) is 3.63. The quantitative estimate of drug-likeness (QED) is 0.795. The number of aryl methyl sites for hydroxylation is 1. The molecule has 20 heavy (non-hydrogen) atoms. The Morgan fingerprint density at radius 2 is 2.25 bits per heavy atom. The van der Waals surface area contributed by atoms with Gasteiger partial charge in [0.2, 0.25) is 0 Å². The normalized spacial score (nSPS) is 12.9. The van der Waals surface area contributed by atoms with Crippen LogP contribution in [0, 0.1) is 0 Å². The molecule has 3 aromatic rings. The number of furan rings is 1. The first-order valence-electron chi connectivity index (χ1n) is 6.51. The third-order valence-electron chi connectivity index (χ3n) is 3.39. The number of benzene rings is 1. The van der Waals surface area contributed by atoms with E-state index in [1.165, 1.54) is 0 Å². The van der Waals surface area contributed by atoms with Crippen molar-refractivity contribution in [3.05, 3.63) is 52.5 Å². The van der Waals surface area contributed by atoms with Crippen molar-refractivity contribution in [3.63, 3.8) is 0 Å². The highest BCUT2D eigenvalue weighted by atomic mass is 79.9. The Labute approximate surface area is 125 Å². The summed E-state index contributed by atoms with van der Waals surface area (Å²) in [4.78, 5) is 0. The molecule has 0 aliphatic heterocycles. The fraction of sp³-hybridized carbons (Fsp3) is 0.267. The van der Waals surface area contributed by atoms with E-state index in [2.05, 4.69) is 38.5 Å². The van der Waals surface area contributed by atoms with Crippen LogP contribution < -0.4 is 5.32 Å². The lowest BCUT2D eigenvalue weighted by Gasteiger charge is -2.11. The second-order valence-corrected chi connectivity index (χ2v) is 5.69. The minimum absolute atomic E-state index is 0.115. The lowest BCUT2D eigenvalue weighted by Crippen LogP contribution is -2.18. The predicted octanol–water partition coefficient (Wildman–Crippen LogP) is 3.43. The van der Waals surface area contributed by atoms with Gasteiger partial charge >= 0.3 is 0 Å². The standard InChI is InChI=1S/C15H16BrN3O/c1-17-13(9-11-6-7-19(2)18-11)14-8-10-4-3-5-12(16)15(10)20-14/h3-8,13,17H,9H2,1-2H3. The van der Waals surface area contributed by atoms with E-state index in [0.717, 1.165) is 33.3 Å². The maximum absolute atomic E-state index is 5.99. The number of rotatable bonds is 4. The van der Waals surface area contributed by atoms with Gasteiger partial charge in [0, 0.05) is 25.1 Å². The zero-order chi connectivity index (χ0) is 14.1. The summed E-state index contributed by atoms with van der Waals surface area (Å²) in [6.07, 6.45) is 2.76. The van der Waals surface area contributed by atoms with Crippen molar-refractivity contribution in [2.24, 2.45) is 7.05 Å². The molecule has 1 aromatic carbocycles. The lowest BCUT2D eigenvalue weighted by atomic mass is 10.1. The average molecular weight is 334 g/mol. The highest BCUT2D eigenvalue weighted by molar-refractivity contribution is 9.10. The Morgan fingerprint density at radius 1 is 1.40 bits per heavy atom. The third-order valence-corrected chi connectivity index (χ3v) is 4.01. The summed E-state index contributed by atoms with van der Waals surface area (Å²) in [5, 5.41) is 8.83. The Bertz CT molecular complexity index is 732. The molecule has 0 saturated heterocycles. The SMILES string of the molecule is CNC(Cc1ccn(C)n1)c1cc2cccc(Br)c2o1. The smallest absolute Gasteiger partial charge is 0.148 e. The fourth-order valence-corrected chi connectivity index (χ4v) is 2.81. The van der Waals surface area contributed by atoms with Crippen LogP contribution in [0.15, 0.2) is 45.4 Å². The molecule has 0 aliphatic rings. The summed E-state index contributed by atoms with van der Waals surface area (Å²) in [6.45, 7) is 0. The molecule has 0 bridgehead atoms. The van der Waals surface area contributed by atoms with Gasteiger partial charge in [0.15, 0.2) is 0 Å². The van der Waals surface area contributed by atoms with Crippen LogP contribution in [0.3, 0.4) is 0 Å². The molecular weight excluding hydrogens is 318 g/mol. The largest absolute Gasteiger partial charge is 0.458 e. The van der Waals surface area contributed by atoms with Gasteiger partial charge in [-0.25, -0.2) is 0 Å². The van der Waals surface area contributed by atoms with E-state index < -0.39 is 0 Å². The summed E-state index contributed by atoms with van der Waals surface area (Å²) in [5.74, 6) is 0.931. The molecule has 4 nitrogen and oxygen atoms in total. The predicted molar refractivity (Wildman–Crippen MR) is 82.6 cm³/mol. The zero-order valence-corrected chi connectivity index (χ0v) is 13.0. The number of hydrogen-bond donors (Lipinski definition) is 1. The lowest BCUT2D eigenvalue weighted by molar-refractivity contribution is 0.446. The molecule has 1 atom stereocenters. The van der Waals surface area contributed by atoms with Crippen molar-refractivity contribution in [1.29, 1.82) is 0 Å². The zero-order valence-electron chi connectivity index (χ0n) is 11.4. The number of nitrogens with zero attached hydrogens (tertiary/aromatic N) is 2. The van der Waals surface area contributed by atoms with Crippen molar-refractivity contribution in [2.75, 3.05) is 7.05 Å². The van der Waals surface area contributed by atoms with Gasteiger partial charge < -0.3 is 9.73 Å². The topological polar surface area (TPSA) is 43.0 Å². The molecule has 3 rings (SSSR count). The number of fused-ring (bicyclic) bond motifs is 1. The van der Waals surface area contributed by atoms with E-state index in [4.69, 9.17) is 4.42 Å². The minimum atomic E-state index is 0.115. The van der Waals surface area contributed by atoms with Gasteiger partial charge in [-0.15, -0.1) is 0 Å². The maximum atomic E-state index is 5.99. The average Bonchev–Trinajstić information content (AvgIpc) is 3.03. The van der Waals surface area contributed by atoms with E-state index in [1.54, 1.807) is 0 Å². The van der Waals surface area contributed by atoms with Crippen LogP contribution in [0.25, 0.3) is 11.0 Å². The van der Waals surface area contributed by atoms with Gasteiger partial charge in [0.25, 0.3) is 0 Å². The van der Waals surface area contributed by atoms with Crippen molar-refractivity contribution in [1.82, 2.24) is 15.1 Å². The van der Waals surface area contributed by atoms with Crippen molar-refractivity contribution in [2.45, 2.75) is 12.5 Å². The van der Waals surface area contributed by atoms with E-state index >= 15 is 0 Å². The molecule has 0 saturated carbocycles. The molecule has 1 unspecified atom stereocenters. The van der Waals surface area contributed by atoms with Gasteiger partial charge in [0.1, 0.15) is 11.3 Å². The van der Waals surface area contributed by atoms with Crippen LogP contribution in [0.4, 0.5) is 0 Å². The summed E-state index contributed by atoms with van der Waals surface area (Å²) in [5.41, 5.74) is 1.94. The van der Waals surface area contributed by atoms with Crippen LogP contribution >= 0.6 is 15.9 Å². The molecule has 104 valence electrons. The highest BCUT2D eigenvalue weighted by Crippen LogP contribution is 2.30. The van der Waals surface area contributed by atoms with Crippen molar-refractivity contribution < 1.29 is 4.42 Å². The first-order chi connectivity index (χ1) is 9.67. The van der Waals surface area contributed by atoms with Gasteiger partial charge in [-0.2, -0.15) is 5.10 Å². The van der Waals surface area contributed by atoms with Crippen LogP contribution in [-0.2, 0) is 13.5 Å². The number of aromatic nitrogens is 2. The molecular formula is C15H16BrN3O. The highest BCUT2D eigenvalue weighted by Gasteiger charge is 2.17. The molecule has 0 amide bonds.